The Bertz CT molecular complexity index is 897. The summed E-state index contributed by atoms with van der Waals surface area (Å²) in [5, 5.41) is 2.18. The smallest absolute Gasteiger partial charge is 0.339 e. The van der Waals surface area contributed by atoms with E-state index in [2.05, 4.69) is 0 Å². The van der Waals surface area contributed by atoms with E-state index in [1.807, 2.05) is 49.4 Å². The number of hydrogen-bond donors (Lipinski definition) is 0. The molecule has 3 aromatic carbocycles. The summed E-state index contributed by atoms with van der Waals surface area (Å²) in [6.07, 6.45) is 0. The molecule has 24 heavy (non-hydrogen) atoms. The van der Waals surface area contributed by atoms with Gasteiger partial charge in [-0.15, -0.1) is 0 Å². The van der Waals surface area contributed by atoms with Gasteiger partial charge >= 0.3 is 5.97 Å². The molecule has 0 N–H and O–H groups in total. The molecule has 0 saturated heterocycles. The third-order valence-corrected chi connectivity index (χ3v) is 5.22. The van der Waals surface area contributed by atoms with E-state index in [-0.39, 0.29) is 6.61 Å². The normalized spacial score (nSPS) is 12.0. The summed E-state index contributed by atoms with van der Waals surface area (Å²) < 4.78 is 17.6. The van der Waals surface area contributed by atoms with Gasteiger partial charge in [-0.2, -0.15) is 0 Å². The average molecular weight is 338 g/mol. The van der Waals surface area contributed by atoms with E-state index in [0.29, 0.717) is 16.2 Å². The predicted octanol–water partition coefficient (Wildman–Crippen LogP) is 4.32. The van der Waals surface area contributed by atoms with Crippen molar-refractivity contribution in [3.05, 3.63) is 77.9 Å². The molecule has 0 heterocycles. The Kier molecular flexibility index (Phi) is 5.06. The summed E-state index contributed by atoms with van der Waals surface area (Å²) in [5.41, 5.74) is 1.33. The first-order valence-corrected chi connectivity index (χ1v) is 9.13. The summed E-state index contributed by atoms with van der Waals surface area (Å²) in [6, 6.07) is 20.8. The van der Waals surface area contributed by atoms with Crippen molar-refractivity contribution < 1.29 is 13.7 Å². The van der Waals surface area contributed by atoms with Gasteiger partial charge in [0.25, 0.3) is 0 Å². The molecule has 3 aromatic rings. The molecule has 0 aromatic heterocycles. The fraction of sp³-hybridized carbons (Fsp3) is 0.150. The molecule has 1 atom stereocenters. The highest BCUT2D eigenvalue weighted by molar-refractivity contribution is 7.85. The second-order valence-electron chi connectivity index (χ2n) is 5.34. The molecule has 0 unspecified atom stereocenters. The number of hydrogen-bond acceptors (Lipinski definition) is 3. The lowest BCUT2D eigenvalue weighted by atomic mass is 10.1. The lowest BCUT2D eigenvalue weighted by Crippen LogP contribution is -2.10. The van der Waals surface area contributed by atoms with Crippen LogP contribution in [0.2, 0.25) is 0 Å². The molecule has 0 fully saturated rings. The molecule has 0 spiro atoms. The van der Waals surface area contributed by atoms with Crippen LogP contribution in [0.1, 0.15) is 22.8 Å². The quantitative estimate of drug-likeness (QED) is 0.651. The van der Waals surface area contributed by atoms with E-state index in [4.69, 9.17) is 4.74 Å². The van der Waals surface area contributed by atoms with E-state index < -0.39 is 16.8 Å². The first-order valence-electron chi connectivity index (χ1n) is 7.82. The van der Waals surface area contributed by atoms with E-state index in [1.54, 1.807) is 24.3 Å². The number of benzene rings is 3. The first kappa shape index (κ1) is 16.4. The molecule has 0 aliphatic rings. The fourth-order valence-corrected chi connectivity index (χ4v) is 3.57. The summed E-state index contributed by atoms with van der Waals surface area (Å²) in [5.74, 6) is 0.0218. The van der Waals surface area contributed by atoms with Gasteiger partial charge in [0.2, 0.25) is 0 Å². The highest BCUT2D eigenvalue weighted by Crippen LogP contribution is 2.21. The Hall–Kier alpha value is -2.46. The van der Waals surface area contributed by atoms with Crippen molar-refractivity contribution >= 4 is 27.5 Å². The molecule has 0 aliphatic heterocycles. The van der Waals surface area contributed by atoms with Crippen LogP contribution in [0.3, 0.4) is 0 Å². The number of fused-ring (bicyclic) bond motifs is 1. The molecule has 122 valence electrons. The minimum absolute atomic E-state index is 0.188. The van der Waals surface area contributed by atoms with Crippen LogP contribution in [0, 0.1) is 0 Å². The molecule has 3 rings (SSSR count). The van der Waals surface area contributed by atoms with Gasteiger partial charge in [-0.1, -0.05) is 61.5 Å². The Morgan fingerprint density at radius 3 is 2.50 bits per heavy atom. The Morgan fingerprint density at radius 2 is 1.67 bits per heavy atom. The first-order chi connectivity index (χ1) is 11.7. The maximum absolute atomic E-state index is 12.4. The SMILES string of the molecule is CC[S@@](=O)c1ccccc1C(=O)OCc1cccc2ccccc12. The van der Waals surface area contributed by atoms with Gasteiger partial charge < -0.3 is 4.74 Å². The Balaban J connectivity index is 1.82. The average Bonchev–Trinajstić information content (AvgIpc) is 2.65. The molecular formula is C20H18O3S. The van der Waals surface area contributed by atoms with E-state index >= 15 is 0 Å². The van der Waals surface area contributed by atoms with Crippen LogP contribution in [0.4, 0.5) is 0 Å². The second kappa shape index (κ2) is 7.41. The van der Waals surface area contributed by atoms with Gasteiger partial charge in [0.05, 0.1) is 21.3 Å². The molecule has 0 radical (unpaired) electrons. The lowest BCUT2D eigenvalue weighted by molar-refractivity contribution is 0.0470. The van der Waals surface area contributed by atoms with E-state index in [1.165, 1.54) is 0 Å². The summed E-state index contributed by atoms with van der Waals surface area (Å²) in [7, 11) is -1.19. The summed E-state index contributed by atoms with van der Waals surface area (Å²) in [6.45, 7) is 2.02. The third-order valence-electron chi connectivity index (χ3n) is 3.85. The number of carbonyl (C=O) groups excluding carboxylic acids is 1. The Morgan fingerprint density at radius 1 is 0.958 bits per heavy atom. The van der Waals surface area contributed by atoms with Crippen LogP contribution in [0.25, 0.3) is 10.8 Å². The minimum Gasteiger partial charge on any atom is -0.457 e. The van der Waals surface area contributed by atoms with Crippen LogP contribution in [-0.4, -0.2) is 15.9 Å². The molecule has 0 amide bonds. The van der Waals surface area contributed by atoms with Gasteiger partial charge in [0.15, 0.2) is 0 Å². The molecule has 3 nitrogen and oxygen atoms in total. The highest BCUT2D eigenvalue weighted by atomic mass is 32.2. The summed E-state index contributed by atoms with van der Waals surface area (Å²) >= 11 is 0. The lowest BCUT2D eigenvalue weighted by Gasteiger charge is -2.10. The van der Waals surface area contributed by atoms with Crippen LogP contribution in [0.15, 0.2) is 71.6 Å². The zero-order chi connectivity index (χ0) is 16.9. The van der Waals surface area contributed by atoms with Gasteiger partial charge in [0, 0.05) is 5.75 Å². The van der Waals surface area contributed by atoms with Crippen molar-refractivity contribution in [3.8, 4) is 0 Å². The van der Waals surface area contributed by atoms with Crippen molar-refractivity contribution in [2.75, 3.05) is 5.75 Å². The van der Waals surface area contributed by atoms with E-state index in [9.17, 15) is 9.00 Å². The van der Waals surface area contributed by atoms with Crippen molar-refractivity contribution in [1.29, 1.82) is 0 Å². The standard InChI is InChI=1S/C20H18O3S/c1-2-24(22)19-13-6-5-12-18(19)20(21)23-14-16-10-7-9-15-8-3-4-11-17(15)16/h3-13H,2,14H2,1H3/t24-/m1/s1. The third kappa shape index (κ3) is 3.39. The van der Waals surface area contributed by atoms with E-state index in [0.717, 1.165) is 16.3 Å². The van der Waals surface area contributed by atoms with Gasteiger partial charge in [-0.05, 0) is 28.5 Å². The zero-order valence-electron chi connectivity index (χ0n) is 13.4. The maximum Gasteiger partial charge on any atom is 0.339 e. The molecule has 0 bridgehead atoms. The number of ether oxygens (including phenoxy) is 1. The van der Waals surface area contributed by atoms with Crippen LogP contribution in [-0.2, 0) is 22.1 Å². The topological polar surface area (TPSA) is 43.4 Å². The molecular weight excluding hydrogens is 320 g/mol. The van der Waals surface area contributed by atoms with Crippen molar-refractivity contribution in [2.45, 2.75) is 18.4 Å². The monoisotopic (exact) mass is 338 g/mol. The van der Waals surface area contributed by atoms with Crippen molar-refractivity contribution in [1.82, 2.24) is 0 Å². The maximum atomic E-state index is 12.4. The molecule has 0 saturated carbocycles. The van der Waals surface area contributed by atoms with Gasteiger partial charge in [-0.3, -0.25) is 4.21 Å². The van der Waals surface area contributed by atoms with Crippen molar-refractivity contribution in [3.63, 3.8) is 0 Å². The van der Waals surface area contributed by atoms with Crippen LogP contribution in [0.5, 0.6) is 0 Å². The minimum atomic E-state index is -1.19. The predicted molar refractivity (Wildman–Crippen MR) is 96.5 cm³/mol. The Labute approximate surface area is 143 Å². The molecule has 4 heteroatoms. The second-order valence-corrected chi connectivity index (χ2v) is 7.05. The number of rotatable bonds is 5. The van der Waals surface area contributed by atoms with Gasteiger partial charge in [-0.25, -0.2) is 4.79 Å². The molecule has 0 aliphatic carbocycles. The van der Waals surface area contributed by atoms with Gasteiger partial charge in [0.1, 0.15) is 6.61 Å². The summed E-state index contributed by atoms with van der Waals surface area (Å²) in [4.78, 5) is 13.0. The van der Waals surface area contributed by atoms with Crippen LogP contribution >= 0.6 is 0 Å². The van der Waals surface area contributed by atoms with Crippen LogP contribution < -0.4 is 0 Å². The number of esters is 1. The number of carbonyl (C=O) groups is 1. The highest BCUT2D eigenvalue weighted by Gasteiger charge is 2.16. The zero-order valence-corrected chi connectivity index (χ0v) is 14.2. The van der Waals surface area contributed by atoms with Crippen molar-refractivity contribution in [2.24, 2.45) is 0 Å². The fourth-order valence-electron chi connectivity index (χ4n) is 2.63. The largest absolute Gasteiger partial charge is 0.457 e.